The highest BCUT2D eigenvalue weighted by Gasteiger charge is 2.40. The molecule has 1 aliphatic heterocycles. The van der Waals surface area contributed by atoms with Gasteiger partial charge in [-0.1, -0.05) is 11.3 Å². The standard InChI is InChI=1S/C12H10BrN3O4S/c1-15-6-9(20-10(17)7-3-2-4-19-7)16(12(15)18)11-14-5-8(13)21-11/h2-5,9H,6H2,1H3. The van der Waals surface area contributed by atoms with Gasteiger partial charge in [0.15, 0.2) is 5.13 Å². The summed E-state index contributed by atoms with van der Waals surface area (Å²) in [5.74, 6) is -0.522. The number of nitrogens with zero attached hydrogens (tertiary/aromatic N) is 3. The van der Waals surface area contributed by atoms with Gasteiger partial charge in [-0.15, -0.1) is 0 Å². The molecule has 21 heavy (non-hydrogen) atoms. The lowest BCUT2D eigenvalue weighted by Crippen LogP contribution is -2.37. The van der Waals surface area contributed by atoms with E-state index in [9.17, 15) is 9.59 Å². The molecule has 0 aliphatic carbocycles. The van der Waals surface area contributed by atoms with Gasteiger partial charge in [-0.2, -0.15) is 0 Å². The predicted octanol–water partition coefficient (Wildman–Crippen LogP) is 2.55. The van der Waals surface area contributed by atoms with Crippen LogP contribution in [0.3, 0.4) is 0 Å². The zero-order chi connectivity index (χ0) is 15.0. The van der Waals surface area contributed by atoms with Gasteiger partial charge in [0.2, 0.25) is 12.0 Å². The molecule has 0 bridgehead atoms. The maximum atomic E-state index is 12.2. The van der Waals surface area contributed by atoms with E-state index in [0.717, 1.165) is 3.79 Å². The van der Waals surface area contributed by atoms with Gasteiger partial charge in [0, 0.05) is 7.05 Å². The fourth-order valence-corrected chi connectivity index (χ4v) is 3.15. The molecule has 0 radical (unpaired) electrons. The number of aromatic nitrogens is 1. The normalized spacial score (nSPS) is 18.4. The molecule has 3 heterocycles. The van der Waals surface area contributed by atoms with E-state index in [2.05, 4.69) is 20.9 Å². The highest BCUT2D eigenvalue weighted by molar-refractivity contribution is 9.11. The van der Waals surface area contributed by atoms with Crippen LogP contribution in [0.15, 0.2) is 32.8 Å². The first-order chi connectivity index (χ1) is 10.1. The first kappa shape index (κ1) is 14.1. The lowest BCUT2D eigenvalue weighted by atomic mass is 10.4. The van der Waals surface area contributed by atoms with Crippen LogP contribution in [0, 0.1) is 0 Å². The smallest absolute Gasteiger partial charge is 0.376 e. The molecule has 9 heteroatoms. The molecular weight excluding hydrogens is 362 g/mol. The fourth-order valence-electron chi connectivity index (χ4n) is 1.93. The van der Waals surface area contributed by atoms with Crippen molar-refractivity contribution in [3.8, 4) is 0 Å². The lowest BCUT2D eigenvalue weighted by molar-refractivity contribution is 0.0295. The highest BCUT2D eigenvalue weighted by atomic mass is 79.9. The second-order valence-corrected chi connectivity index (χ2v) is 6.71. The van der Waals surface area contributed by atoms with Crippen LogP contribution in [-0.4, -0.2) is 41.7 Å². The predicted molar refractivity (Wildman–Crippen MR) is 78.2 cm³/mol. The van der Waals surface area contributed by atoms with Crippen molar-refractivity contribution in [1.29, 1.82) is 0 Å². The second-order valence-electron chi connectivity index (χ2n) is 4.32. The average Bonchev–Trinajstić information content (AvgIpc) is 3.13. The molecule has 7 nitrogen and oxygen atoms in total. The minimum absolute atomic E-state index is 0.0947. The summed E-state index contributed by atoms with van der Waals surface area (Å²) in [6.07, 6.45) is 2.24. The SMILES string of the molecule is CN1CC(OC(=O)c2ccco2)N(c2ncc(Br)s2)C1=O. The second kappa shape index (κ2) is 5.49. The Morgan fingerprint density at radius 1 is 1.62 bits per heavy atom. The number of ether oxygens (including phenoxy) is 1. The van der Waals surface area contributed by atoms with Crippen LogP contribution in [0.1, 0.15) is 10.6 Å². The Bertz CT molecular complexity index is 672. The molecule has 2 aromatic heterocycles. The van der Waals surface area contributed by atoms with E-state index < -0.39 is 12.2 Å². The van der Waals surface area contributed by atoms with Gasteiger partial charge in [-0.25, -0.2) is 19.5 Å². The van der Waals surface area contributed by atoms with Crippen molar-refractivity contribution in [2.75, 3.05) is 18.5 Å². The number of urea groups is 1. The summed E-state index contributed by atoms with van der Waals surface area (Å²) in [7, 11) is 1.64. The van der Waals surface area contributed by atoms with Crippen LogP contribution < -0.4 is 4.90 Å². The maximum Gasteiger partial charge on any atom is 0.376 e. The van der Waals surface area contributed by atoms with Gasteiger partial charge in [0.1, 0.15) is 0 Å². The molecule has 0 aromatic carbocycles. The molecule has 3 rings (SSSR count). The summed E-state index contributed by atoms with van der Waals surface area (Å²) in [4.78, 5) is 31.1. The number of hydrogen-bond acceptors (Lipinski definition) is 6. The van der Waals surface area contributed by atoms with Crippen LogP contribution in [0.5, 0.6) is 0 Å². The van der Waals surface area contributed by atoms with E-state index in [-0.39, 0.29) is 18.3 Å². The average molecular weight is 372 g/mol. The molecular formula is C12H10BrN3O4S. The Morgan fingerprint density at radius 2 is 2.43 bits per heavy atom. The maximum absolute atomic E-state index is 12.2. The Morgan fingerprint density at radius 3 is 3.05 bits per heavy atom. The van der Waals surface area contributed by atoms with Gasteiger partial charge < -0.3 is 14.1 Å². The summed E-state index contributed by atoms with van der Waals surface area (Å²) in [6.45, 7) is 0.266. The van der Waals surface area contributed by atoms with Crippen LogP contribution in [0.25, 0.3) is 0 Å². The Kier molecular flexibility index (Phi) is 3.68. The number of halogens is 1. The zero-order valence-corrected chi connectivity index (χ0v) is 13.3. The van der Waals surface area contributed by atoms with Crippen molar-refractivity contribution in [2.24, 2.45) is 0 Å². The van der Waals surface area contributed by atoms with Crippen molar-refractivity contribution < 1.29 is 18.7 Å². The van der Waals surface area contributed by atoms with Crippen LogP contribution in [0.2, 0.25) is 0 Å². The number of thiazole rings is 1. The first-order valence-electron chi connectivity index (χ1n) is 5.96. The van der Waals surface area contributed by atoms with E-state index in [1.807, 2.05) is 0 Å². The van der Waals surface area contributed by atoms with Gasteiger partial charge in [0.25, 0.3) is 0 Å². The highest BCUT2D eigenvalue weighted by Crippen LogP contribution is 2.31. The van der Waals surface area contributed by atoms with Crippen molar-refractivity contribution >= 4 is 44.4 Å². The number of esters is 1. The van der Waals surface area contributed by atoms with Crippen LogP contribution >= 0.6 is 27.3 Å². The van der Waals surface area contributed by atoms with E-state index in [1.54, 1.807) is 19.3 Å². The van der Waals surface area contributed by atoms with Crippen molar-refractivity contribution in [3.05, 3.63) is 34.1 Å². The topological polar surface area (TPSA) is 75.9 Å². The largest absolute Gasteiger partial charge is 0.457 e. The van der Waals surface area contributed by atoms with Crippen molar-refractivity contribution in [3.63, 3.8) is 0 Å². The number of amides is 2. The summed E-state index contributed by atoms with van der Waals surface area (Å²) in [6, 6.07) is 2.83. The lowest BCUT2D eigenvalue weighted by Gasteiger charge is -2.19. The zero-order valence-electron chi connectivity index (χ0n) is 10.9. The third kappa shape index (κ3) is 2.66. The molecule has 2 aromatic rings. The number of furan rings is 1. The molecule has 1 atom stereocenters. The van der Waals surface area contributed by atoms with Gasteiger partial charge in [0.05, 0.1) is 22.8 Å². The van der Waals surface area contributed by atoms with Gasteiger partial charge in [-0.3, -0.25) is 0 Å². The van der Waals surface area contributed by atoms with E-state index in [1.165, 1.54) is 33.5 Å². The van der Waals surface area contributed by atoms with Gasteiger partial charge in [-0.05, 0) is 28.1 Å². The van der Waals surface area contributed by atoms with E-state index in [4.69, 9.17) is 9.15 Å². The molecule has 110 valence electrons. The molecule has 0 N–H and O–H groups in total. The third-order valence-corrected chi connectivity index (χ3v) is 4.36. The number of rotatable bonds is 3. The fraction of sp³-hybridized carbons (Fsp3) is 0.250. The molecule has 2 amide bonds. The minimum Gasteiger partial charge on any atom is -0.457 e. The minimum atomic E-state index is -0.738. The van der Waals surface area contributed by atoms with Crippen LogP contribution in [0.4, 0.5) is 9.93 Å². The third-order valence-electron chi connectivity index (χ3n) is 2.89. The number of carbonyl (C=O) groups excluding carboxylic acids is 2. The van der Waals surface area contributed by atoms with Crippen molar-refractivity contribution in [1.82, 2.24) is 9.88 Å². The number of carbonyl (C=O) groups is 2. The molecule has 1 saturated heterocycles. The summed E-state index contributed by atoms with van der Waals surface area (Å²) in [5, 5.41) is 0.466. The van der Waals surface area contributed by atoms with E-state index in [0.29, 0.717) is 5.13 Å². The Hall–Kier alpha value is -1.87. The van der Waals surface area contributed by atoms with Crippen LogP contribution in [-0.2, 0) is 4.74 Å². The monoisotopic (exact) mass is 371 g/mol. The first-order valence-corrected chi connectivity index (χ1v) is 7.57. The number of likely N-dealkylation sites (N-methyl/N-ethyl adjacent to an activating group) is 1. The summed E-state index contributed by atoms with van der Waals surface area (Å²) < 4.78 is 11.1. The summed E-state index contributed by atoms with van der Waals surface area (Å²) in [5.41, 5.74) is 0. The summed E-state index contributed by atoms with van der Waals surface area (Å²) >= 11 is 4.59. The number of hydrogen-bond donors (Lipinski definition) is 0. The Balaban J connectivity index is 1.82. The Labute approximate surface area is 132 Å². The molecule has 1 aliphatic rings. The van der Waals surface area contributed by atoms with E-state index >= 15 is 0 Å². The molecule has 0 saturated carbocycles. The molecule has 0 spiro atoms. The molecule has 1 fully saturated rings. The molecule has 1 unspecified atom stereocenters. The van der Waals surface area contributed by atoms with Crippen molar-refractivity contribution in [2.45, 2.75) is 6.23 Å². The quantitative estimate of drug-likeness (QED) is 0.774. The number of anilines is 1. The van der Waals surface area contributed by atoms with Gasteiger partial charge >= 0.3 is 12.0 Å².